The maximum absolute atomic E-state index is 9.90. The van der Waals surface area contributed by atoms with Gasteiger partial charge in [-0.2, -0.15) is 0 Å². The van der Waals surface area contributed by atoms with Gasteiger partial charge in [0.2, 0.25) is 0 Å². The Morgan fingerprint density at radius 1 is 0.950 bits per heavy atom. The molecule has 7 nitrogen and oxygen atoms in total. The van der Waals surface area contributed by atoms with Gasteiger partial charge in [0.1, 0.15) is 24.4 Å². The van der Waals surface area contributed by atoms with Crippen LogP contribution < -0.4 is 0 Å². The fourth-order valence-corrected chi connectivity index (χ4v) is 1.20. The lowest BCUT2D eigenvalue weighted by molar-refractivity contribution is -0.136. The van der Waals surface area contributed by atoms with Crippen LogP contribution in [0, 0.1) is 0 Å². The zero-order valence-electron chi connectivity index (χ0n) is 10.8. The summed E-state index contributed by atoms with van der Waals surface area (Å²) in [5.41, 5.74) is 0.965. The summed E-state index contributed by atoms with van der Waals surface area (Å²) in [6.07, 6.45) is -6.84. The van der Waals surface area contributed by atoms with Gasteiger partial charge >= 0.3 is 0 Å². The van der Waals surface area contributed by atoms with Gasteiger partial charge in [-0.15, -0.1) is 0 Å². The zero-order chi connectivity index (χ0) is 15.5. The monoisotopic (exact) mass is 288 g/mol. The third-order valence-corrected chi connectivity index (χ3v) is 2.45. The second kappa shape index (κ2) is 10.4. The number of aliphatic hydroxyl groups is 6. The minimum absolute atomic E-state index is 0.0258. The minimum atomic E-state index is -1.79. The zero-order valence-corrected chi connectivity index (χ0v) is 10.8. The molecular formula is C13H20O7. The molecule has 4 unspecified atom stereocenters. The largest absolute Gasteiger partial charge is 0.394 e. The maximum atomic E-state index is 9.90. The lowest BCUT2D eigenvalue weighted by Gasteiger charge is -2.22. The van der Waals surface area contributed by atoms with Gasteiger partial charge in [0.25, 0.3) is 0 Å². The van der Waals surface area contributed by atoms with Gasteiger partial charge in [0.05, 0.1) is 13.2 Å². The van der Waals surface area contributed by atoms with Crippen LogP contribution in [0.15, 0.2) is 30.3 Å². The summed E-state index contributed by atoms with van der Waals surface area (Å²) in [7, 11) is 0. The summed E-state index contributed by atoms with van der Waals surface area (Å²) in [5.74, 6) is 0. The standard InChI is InChI=1S/C7H8O.C6H12O6/c8-6-7-4-2-1-3-5-7;7-1-3(9)5(11)6(12)4(10)2-8/h1-5,8H,6H2;1,3-6,8-12H,2H2. The van der Waals surface area contributed by atoms with Gasteiger partial charge in [-0.25, -0.2) is 0 Å². The first-order valence-corrected chi connectivity index (χ1v) is 5.91. The van der Waals surface area contributed by atoms with Crippen molar-refractivity contribution in [3.8, 4) is 0 Å². The van der Waals surface area contributed by atoms with Gasteiger partial charge in [0.15, 0.2) is 6.29 Å². The number of aldehydes is 1. The predicted molar refractivity (Wildman–Crippen MR) is 69.5 cm³/mol. The van der Waals surface area contributed by atoms with E-state index in [0.29, 0.717) is 0 Å². The Kier molecular flexibility index (Phi) is 9.73. The van der Waals surface area contributed by atoms with Crippen LogP contribution in [0.1, 0.15) is 5.56 Å². The van der Waals surface area contributed by atoms with Crippen molar-refractivity contribution in [2.24, 2.45) is 0 Å². The lowest BCUT2D eigenvalue weighted by atomic mass is 10.0. The van der Waals surface area contributed by atoms with Crippen molar-refractivity contribution in [2.45, 2.75) is 31.0 Å². The first-order valence-electron chi connectivity index (χ1n) is 5.91. The molecule has 0 aliphatic heterocycles. The van der Waals surface area contributed by atoms with Gasteiger partial charge in [-0.1, -0.05) is 30.3 Å². The molecule has 0 radical (unpaired) electrons. The van der Waals surface area contributed by atoms with Crippen molar-refractivity contribution >= 4 is 6.29 Å². The number of hydrogen-bond acceptors (Lipinski definition) is 7. The van der Waals surface area contributed by atoms with E-state index in [4.69, 9.17) is 30.6 Å². The van der Waals surface area contributed by atoms with Crippen molar-refractivity contribution in [1.82, 2.24) is 0 Å². The van der Waals surface area contributed by atoms with Crippen molar-refractivity contribution in [1.29, 1.82) is 0 Å². The van der Waals surface area contributed by atoms with Gasteiger partial charge in [-0.3, -0.25) is 0 Å². The fourth-order valence-electron chi connectivity index (χ4n) is 1.20. The fraction of sp³-hybridized carbons (Fsp3) is 0.462. The molecule has 0 aliphatic carbocycles. The molecule has 0 saturated carbocycles. The van der Waals surface area contributed by atoms with Crippen molar-refractivity contribution in [3.63, 3.8) is 0 Å². The Morgan fingerprint density at radius 3 is 1.85 bits per heavy atom. The summed E-state index contributed by atoms with van der Waals surface area (Å²) in [4.78, 5) is 9.90. The Bertz CT molecular complexity index is 357. The highest BCUT2D eigenvalue weighted by atomic mass is 16.4. The molecule has 0 spiro atoms. The average Bonchev–Trinajstić information content (AvgIpc) is 2.53. The third kappa shape index (κ3) is 6.71. The van der Waals surface area contributed by atoms with Crippen LogP contribution in [0.3, 0.4) is 0 Å². The van der Waals surface area contributed by atoms with Crippen LogP contribution in [-0.2, 0) is 11.4 Å². The predicted octanol–water partition coefficient (Wildman–Crippen LogP) is -2.20. The van der Waals surface area contributed by atoms with E-state index in [1.807, 2.05) is 30.3 Å². The van der Waals surface area contributed by atoms with E-state index in [-0.39, 0.29) is 12.9 Å². The molecule has 0 fully saturated rings. The molecule has 1 aromatic rings. The quantitative estimate of drug-likeness (QED) is 0.327. The summed E-state index contributed by atoms with van der Waals surface area (Å²) >= 11 is 0. The van der Waals surface area contributed by atoms with Crippen LogP contribution in [0.25, 0.3) is 0 Å². The van der Waals surface area contributed by atoms with E-state index in [1.54, 1.807) is 0 Å². The van der Waals surface area contributed by atoms with Crippen LogP contribution >= 0.6 is 0 Å². The molecule has 0 saturated heterocycles. The Labute approximate surface area is 116 Å². The van der Waals surface area contributed by atoms with E-state index < -0.39 is 31.0 Å². The Balaban J connectivity index is 0.000000388. The van der Waals surface area contributed by atoms with E-state index in [1.165, 1.54) is 0 Å². The van der Waals surface area contributed by atoms with Gasteiger partial charge in [-0.05, 0) is 5.56 Å². The SMILES string of the molecule is O=CC(O)C(O)C(O)C(O)CO.OCc1ccccc1. The molecule has 1 aromatic carbocycles. The van der Waals surface area contributed by atoms with E-state index in [0.717, 1.165) is 5.56 Å². The Morgan fingerprint density at radius 2 is 1.50 bits per heavy atom. The number of carbonyl (C=O) groups excluding carboxylic acids is 1. The highest BCUT2D eigenvalue weighted by Crippen LogP contribution is 2.02. The summed E-state index contributed by atoms with van der Waals surface area (Å²) < 4.78 is 0. The maximum Gasteiger partial charge on any atom is 0.151 e. The van der Waals surface area contributed by atoms with Crippen LogP contribution in [-0.4, -0.2) is 67.9 Å². The highest BCUT2D eigenvalue weighted by molar-refractivity contribution is 5.56. The number of aliphatic hydroxyl groups excluding tert-OH is 6. The molecule has 7 heteroatoms. The topological polar surface area (TPSA) is 138 Å². The molecular weight excluding hydrogens is 268 g/mol. The average molecular weight is 288 g/mol. The minimum Gasteiger partial charge on any atom is -0.394 e. The van der Waals surface area contributed by atoms with Crippen LogP contribution in [0.2, 0.25) is 0 Å². The molecule has 4 atom stereocenters. The molecule has 114 valence electrons. The normalized spacial score (nSPS) is 16.3. The smallest absolute Gasteiger partial charge is 0.151 e. The second-order valence-electron chi connectivity index (χ2n) is 4.00. The van der Waals surface area contributed by atoms with E-state index in [2.05, 4.69) is 0 Å². The number of rotatable bonds is 6. The second-order valence-corrected chi connectivity index (χ2v) is 4.00. The molecule has 6 N–H and O–H groups in total. The molecule has 20 heavy (non-hydrogen) atoms. The summed E-state index contributed by atoms with van der Waals surface area (Å²) in [6, 6.07) is 9.52. The molecule has 0 heterocycles. The van der Waals surface area contributed by atoms with Gasteiger partial charge < -0.3 is 35.4 Å². The molecule has 0 amide bonds. The number of hydrogen-bond donors (Lipinski definition) is 6. The first kappa shape index (κ1) is 18.7. The molecule has 0 bridgehead atoms. The molecule has 1 rings (SSSR count). The van der Waals surface area contributed by atoms with Crippen molar-refractivity contribution < 1.29 is 35.4 Å². The first-order chi connectivity index (χ1) is 9.47. The Hall–Kier alpha value is -1.35. The van der Waals surface area contributed by atoms with Crippen molar-refractivity contribution in [3.05, 3.63) is 35.9 Å². The van der Waals surface area contributed by atoms with Crippen LogP contribution in [0.4, 0.5) is 0 Å². The third-order valence-electron chi connectivity index (χ3n) is 2.45. The highest BCUT2D eigenvalue weighted by Gasteiger charge is 2.29. The van der Waals surface area contributed by atoms with Crippen LogP contribution in [0.5, 0.6) is 0 Å². The molecule has 0 aromatic heterocycles. The summed E-state index contributed by atoms with van der Waals surface area (Å²) in [5, 5.41) is 52.1. The summed E-state index contributed by atoms with van der Waals surface area (Å²) in [6.45, 7) is -0.620. The van der Waals surface area contributed by atoms with Gasteiger partial charge in [0, 0.05) is 0 Å². The van der Waals surface area contributed by atoms with E-state index >= 15 is 0 Å². The van der Waals surface area contributed by atoms with E-state index in [9.17, 15) is 4.79 Å². The lowest BCUT2D eigenvalue weighted by Crippen LogP contribution is -2.46. The number of carbonyl (C=O) groups is 1. The van der Waals surface area contributed by atoms with Crippen molar-refractivity contribution in [2.75, 3.05) is 6.61 Å². The number of benzene rings is 1. The molecule has 0 aliphatic rings.